The largest absolute Gasteiger partial charge is 0.368 e. The lowest BCUT2D eigenvalue weighted by atomic mass is 9.96. The second-order valence-corrected chi connectivity index (χ2v) is 7.94. The van der Waals surface area contributed by atoms with Crippen molar-refractivity contribution < 1.29 is 19.3 Å². The zero-order chi connectivity index (χ0) is 20.8. The average molecular weight is 401 g/mol. The zero-order valence-corrected chi connectivity index (χ0v) is 16.2. The summed E-state index contributed by atoms with van der Waals surface area (Å²) in [5.41, 5.74) is 0.0118. The Morgan fingerprint density at radius 2 is 1.79 bits per heavy atom. The number of rotatable bonds is 5. The van der Waals surface area contributed by atoms with Crippen molar-refractivity contribution in [3.05, 3.63) is 34.4 Å². The van der Waals surface area contributed by atoms with Gasteiger partial charge < -0.3 is 15.1 Å². The van der Waals surface area contributed by atoms with E-state index >= 15 is 0 Å². The number of non-ortho nitro benzene ring substituents is 1. The molecule has 29 heavy (non-hydrogen) atoms. The lowest BCUT2D eigenvalue weighted by Crippen LogP contribution is -2.52. The molecular weight excluding hydrogens is 378 g/mol. The minimum atomic E-state index is -0.883. The number of anilines is 1. The Bertz CT molecular complexity index is 860. The van der Waals surface area contributed by atoms with Crippen molar-refractivity contribution in [2.75, 3.05) is 37.6 Å². The number of urea groups is 1. The first-order valence-electron chi connectivity index (χ1n) is 9.71. The number of nitro groups is 1. The van der Waals surface area contributed by atoms with Crippen LogP contribution in [0.25, 0.3) is 0 Å². The fraction of sp³-hybridized carbons (Fsp3) is 0.526. The van der Waals surface area contributed by atoms with Crippen LogP contribution in [0.15, 0.2) is 24.3 Å². The van der Waals surface area contributed by atoms with Crippen LogP contribution in [-0.2, 0) is 9.59 Å². The molecular formula is C19H23N5O5. The van der Waals surface area contributed by atoms with Gasteiger partial charge in [0.1, 0.15) is 12.1 Å². The molecule has 2 saturated heterocycles. The minimum Gasteiger partial charge on any atom is -0.368 e. The third kappa shape index (κ3) is 3.50. The number of nitrogens with one attached hydrogen (secondary N) is 1. The van der Waals surface area contributed by atoms with E-state index in [0.29, 0.717) is 26.2 Å². The lowest BCUT2D eigenvalue weighted by molar-refractivity contribution is -0.384. The maximum absolute atomic E-state index is 12.7. The van der Waals surface area contributed by atoms with Crippen molar-refractivity contribution >= 4 is 29.2 Å². The van der Waals surface area contributed by atoms with E-state index in [1.807, 2.05) is 4.90 Å². The van der Waals surface area contributed by atoms with Gasteiger partial charge in [-0.2, -0.15) is 0 Å². The standard InChI is InChI=1S/C19H23N5O5/c1-19(13-2-3-13)17(26)23(18(27)20-19)12-16(25)22-10-8-21(9-11-22)14-4-6-15(7-5-14)24(28)29/h4-7,13H,2-3,8-12H2,1H3,(H,20,27)/t19-/m0/s1. The first kappa shape index (κ1) is 19.2. The van der Waals surface area contributed by atoms with Gasteiger partial charge in [0.25, 0.3) is 11.6 Å². The highest BCUT2D eigenvalue weighted by atomic mass is 16.6. The number of carbonyl (C=O) groups excluding carboxylic acids is 3. The van der Waals surface area contributed by atoms with Crippen LogP contribution in [0.3, 0.4) is 0 Å². The third-order valence-electron chi connectivity index (χ3n) is 6.05. The molecule has 0 radical (unpaired) electrons. The topological polar surface area (TPSA) is 116 Å². The number of benzene rings is 1. The van der Waals surface area contributed by atoms with Gasteiger partial charge >= 0.3 is 6.03 Å². The molecule has 3 aliphatic rings. The number of nitro benzene ring substituents is 1. The van der Waals surface area contributed by atoms with Crippen molar-refractivity contribution in [3.63, 3.8) is 0 Å². The highest BCUT2D eigenvalue weighted by molar-refractivity contribution is 6.09. The van der Waals surface area contributed by atoms with Crippen LogP contribution in [0.1, 0.15) is 19.8 Å². The van der Waals surface area contributed by atoms with Gasteiger partial charge in [-0.1, -0.05) is 0 Å². The molecule has 0 unspecified atom stereocenters. The summed E-state index contributed by atoms with van der Waals surface area (Å²) in [5, 5.41) is 13.5. The van der Waals surface area contributed by atoms with Crippen molar-refractivity contribution in [2.45, 2.75) is 25.3 Å². The van der Waals surface area contributed by atoms with Gasteiger partial charge in [-0.25, -0.2) is 4.79 Å². The van der Waals surface area contributed by atoms with Crippen LogP contribution in [-0.4, -0.2) is 70.8 Å². The average Bonchev–Trinajstić information content (AvgIpc) is 3.54. The van der Waals surface area contributed by atoms with Gasteiger partial charge in [-0.3, -0.25) is 24.6 Å². The van der Waals surface area contributed by atoms with E-state index in [9.17, 15) is 24.5 Å². The number of piperazine rings is 1. The van der Waals surface area contributed by atoms with Crippen molar-refractivity contribution in [1.82, 2.24) is 15.1 Å². The molecule has 10 heteroatoms. The summed E-state index contributed by atoms with van der Waals surface area (Å²) in [6, 6.07) is 5.81. The molecule has 1 aromatic carbocycles. The molecule has 1 atom stereocenters. The van der Waals surface area contributed by atoms with Crippen molar-refractivity contribution in [2.24, 2.45) is 5.92 Å². The van der Waals surface area contributed by atoms with E-state index in [4.69, 9.17) is 0 Å². The van der Waals surface area contributed by atoms with Crippen LogP contribution in [0.5, 0.6) is 0 Å². The highest BCUT2D eigenvalue weighted by Gasteiger charge is 2.56. The fourth-order valence-electron chi connectivity index (χ4n) is 4.03. The van der Waals surface area contributed by atoms with E-state index < -0.39 is 16.5 Å². The third-order valence-corrected chi connectivity index (χ3v) is 6.05. The minimum absolute atomic E-state index is 0.0364. The molecule has 1 aliphatic carbocycles. The molecule has 1 aromatic rings. The number of amides is 4. The zero-order valence-electron chi connectivity index (χ0n) is 16.2. The predicted molar refractivity (Wildman–Crippen MR) is 103 cm³/mol. The van der Waals surface area contributed by atoms with Crippen LogP contribution in [0, 0.1) is 16.0 Å². The smallest absolute Gasteiger partial charge is 0.325 e. The van der Waals surface area contributed by atoms with Gasteiger partial charge in [-0.05, 0) is 37.8 Å². The normalized spacial score (nSPS) is 24.7. The summed E-state index contributed by atoms with van der Waals surface area (Å²) in [5.74, 6) is -0.413. The first-order chi connectivity index (χ1) is 13.8. The van der Waals surface area contributed by atoms with Gasteiger partial charge in [0.2, 0.25) is 5.91 Å². The number of nitrogens with zero attached hydrogens (tertiary/aromatic N) is 4. The maximum atomic E-state index is 12.7. The van der Waals surface area contributed by atoms with Crippen LogP contribution >= 0.6 is 0 Å². The molecule has 1 N–H and O–H groups in total. The molecule has 4 rings (SSSR count). The number of imide groups is 1. The molecule has 0 spiro atoms. The maximum Gasteiger partial charge on any atom is 0.325 e. The second kappa shape index (κ2) is 7.02. The van der Waals surface area contributed by atoms with Gasteiger partial charge in [0.05, 0.1) is 4.92 Å². The van der Waals surface area contributed by atoms with Crippen LogP contribution < -0.4 is 10.2 Å². The summed E-state index contributed by atoms with van der Waals surface area (Å²) in [7, 11) is 0. The predicted octanol–water partition coefficient (Wildman–Crippen LogP) is 0.964. The van der Waals surface area contributed by atoms with E-state index in [1.165, 1.54) is 12.1 Å². The first-order valence-corrected chi connectivity index (χ1v) is 9.71. The van der Waals surface area contributed by atoms with Crippen molar-refractivity contribution in [1.29, 1.82) is 0 Å². The fourth-order valence-corrected chi connectivity index (χ4v) is 4.03. The second-order valence-electron chi connectivity index (χ2n) is 7.94. The van der Waals surface area contributed by atoms with E-state index in [-0.39, 0.29) is 30.0 Å². The lowest BCUT2D eigenvalue weighted by Gasteiger charge is -2.36. The molecule has 10 nitrogen and oxygen atoms in total. The molecule has 3 fully saturated rings. The molecule has 1 saturated carbocycles. The monoisotopic (exact) mass is 401 g/mol. The molecule has 4 amide bonds. The Hall–Kier alpha value is -3.17. The van der Waals surface area contributed by atoms with Gasteiger partial charge in [0, 0.05) is 44.0 Å². The van der Waals surface area contributed by atoms with E-state index in [2.05, 4.69) is 5.32 Å². The Labute approximate surface area is 167 Å². The van der Waals surface area contributed by atoms with Crippen molar-refractivity contribution in [3.8, 4) is 0 Å². The molecule has 2 aliphatic heterocycles. The molecule has 2 heterocycles. The summed E-state index contributed by atoms with van der Waals surface area (Å²) < 4.78 is 0. The number of hydrogen-bond acceptors (Lipinski definition) is 6. The van der Waals surface area contributed by atoms with Crippen LogP contribution in [0.2, 0.25) is 0 Å². The molecule has 0 bridgehead atoms. The molecule has 154 valence electrons. The summed E-state index contributed by atoms with van der Waals surface area (Å²) in [4.78, 5) is 52.6. The Morgan fingerprint density at radius 3 is 2.34 bits per heavy atom. The summed E-state index contributed by atoms with van der Waals surface area (Å²) >= 11 is 0. The summed E-state index contributed by atoms with van der Waals surface area (Å²) in [6.07, 6.45) is 1.82. The quantitative estimate of drug-likeness (QED) is 0.446. The van der Waals surface area contributed by atoms with Gasteiger partial charge in [0.15, 0.2) is 0 Å². The Kier molecular flexibility index (Phi) is 4.64. The molecule has 0 aromatic heterocycles. The van der Waals surface area contributed by atoms with Crippen LogP contribution in [0.4, 0.5) is 16.2 Å². The number of carbonyl (C=O) groups is 3. The Balaban J connectivity index is 1.33. The highest BCUT2D eigenvalue weighted by Crippen LogP contribution is 2.42. The van der Waals surface area contributed by atoms with E-state index in [0.717, 1.165) is 23.4 Å². The van der Waals surface area contributed by atoms with Gasteiger partial charge in [-0.15, -0.1) is 0 Å². The van der Waals surface area contributed by atoms with E-state index in [1.54, 1.807) is 24.0 Å². The summed E-state index contributed by atoms with van der Waals surface area (Å²) in [6.45, 7) is 3.55. The number of hydrogen-bond donors (Lipinski definition) is 1. The SMILES string of the molecule is C[C@@]1(C2CC2)NC(=O)N(CC(=O)N2CCN(c3ccc([N+](=O)[O-])cc3)CC2)C1=O. The Morgan fingerprint density at radius 1 is 1.17 bits per heavy atom.